The fourth-order valence-electron chi connectivity index (χ4n) is 4.59. The van der Waals surface area contributed by atoms with E-state index in [1.807, 2.05) is 29.2 Å². The maximum atomic E-state index is 13.5. The smallest absolute Gasteiger partial charge is 0.259 e. The van der Waals surface area contributed by atoms with Gasteiger partial charge in [0, 0.05) is 24.7 Å². The van der Waals surface area contributed by atoms with Gasteiger partial charge in [0.25, 0.3) is 5.91 Å². The normalized spacial score (nSPS) is 19.4. The Hall–Kier alpha value is -2.82. The minimum absolute atomic E-state index is 0.102. The first-order valence-corrected chi connectivity index (χ1v) is 9.73. The van der Waals surface area contributed by atoms with Gasteiger partial charge >= 0.3 is 0 Å². The molecule has 1 atom stereocenters. The zero-order valence-corrected chi connectivity index (χ0v) is 15.2. The molecule has 0 saturated carbocycles. The van der Waals surface area contributed by atoms with Crippen LogP contribution in [-0.2, 0) is 13.0 Å². The molecule has 0 spiro atoms. The average Bonchev–Trinajstić information content (AvgIpc) is 3.30. The molecule has 0 aliphatic carbocycles. The van der Waals surface area contributed by atoms with Crippen LogP contribution < -0.4 is 5.43 Å². The van der Waals surface area contributed by atoms with E-state index >= 15 is 0 Å². The van der Waals surface area contributed by atoms with E-state index in [-0.39, 0.29) is 22.9 Å². The number of furan rings is 1. The highest BCUT2D eigenvalue weighted by molar-refractivity contribution is 5.98. The van der Waals surface area contributed by atoms with Crippen LogP contribution in [0, 0.1) is 0 Å². The highest BCUT2D eigenvalue weighted by Crippen LogP contribution is 2.32. The topological polar surface area (TPSA) is 55.5 Å². The van der Waals surface area contributed by atoms with E-state index in [1.54, 1.807) is 12.5 Å². The molecule has 2 aromatic heterocycles. The Morgan fingerprint density at radius 1 is 1.07 bits per heavy atom. The van der Waals surface area contributed by atoms with Gasteiger partial charge in [-0.15, -0.1) is 0 Å². The second-order valence-electron chi connectivity index (χ2n) is 7.51. The van der Waals surface area contributed by atoms with Crippen molar-refractivity contribution in [3.05, 3.63) is 69.9 Å². The lowest BCUT2D eigenvalue weighted by Crippen LogP contribution is -2.37. The van der Waals surface area contributed by atoms with Crippen LogP contribution in [-0.4, -0.2) is 21.9 Å². The van der Waals surface area contributed by atoms with Crippen molar-refractivity contribution in [2.24, 2.45) is 0 Å². The standard InChI is InChI=1S/C22H22N2O3/c25-21-16-7-4-6-15-10-12-23(20(15)16)14-17(21)22(26)24-11-3-1-2-8-18(24)19-9-5-13-27-19/h4-7,9,13-14,18H,1-3,8,10-12H2. The second kappa shape index (κ2) is 6.41. The van der Waals surface area contributed by atoms with Gasteiger partial charge in [-0.2, -0.15) is 0 Å². The summed E-state index contributed by atoms with van der Waals surface area (Å²) in [6, 6.07) is 9.50. The van der Waals surface area contributed by atoms with E-state index in [9.17, 15) is 9.59 Å². The van der Waals surface area contributed by atoms with E-state index in [0.717, 1.165) is 49.9 Å². The molecule has 27 heavy (non-hydrogen) atoms. The second-order valence-corrected chi connectivity index (χ2v) is 7.51. The van der Waals surface area contributed by atoms with Gasteiger partial charge in [-0.05, 0) is 43.0 Å². The first-order chi connectivity index (χ1) is 13.2. The molecule has 5 heteroatoms. The maximum Gasteiger partial charge on any atom is 0.259 e. The number of carbonyl (C=O) groups is 1. The molecule has 1 amide bonds. The summed E-state index contributed by atoms with van der Waals surface area (Å²) in [5.74, 6) is 0.629. The Kier molecular flexibility index (Phi) is 3.88. The molecule has 0 radical (unpaired) electrons. The minimum Gasteiger partial charge on any atom is -0.467 e. The lowest BCUT2D eigenvalue weighted by atomic mass is 10.0. The van der Waals surface area contributed by atoms with E-state index < -0.39 is 0 Å². The fraction of sp³-hybridized carbons (Fsp3) is 0.364. The van der Waals surface area contributed by atoms with Gasteiger partial charge in [0.15, 0.2) is 0 Å². The quantitative estimate of drug-likeness (QED) is 0.694. The van der Waals surface area contributed by atoms with Crippen LogP contribution in [0.25, 0.3) is 10.9 Å². The summed E-state index contributed by atoms with van der Waals surface area (Å²) in [7, 11) is 0. The summed E-state index contributed by atoms with van der Waals surface area (Å²) in [5, 5.41) is 0.653. The summed E-state index contributed by atoms with van der Waals surface area (Å²) in [5.41, 5.74) is 2.29. The van der Waals surface area contributed by atoms with Crippen LogP contribution >= 0.6 is 0 Å². The third kappa shape index (κ3) is 2.60. The molecule has 1 fully saturated rings. The van der Waals surface area contributed by atoms with Gasteiger partial charge in [-0.25, -0.2) is 0 Å². The number of para-hydroxylation sites is 1. The number of nitrogens with zero attached hydrogens (tertiary/aromatic N) is 2. The summed E-state index contributed by atoms with van der Waals surface area (Å²) >= 11 is 0. The third-order valence-electron chi connectivity index (χ3n) is 5.92. The molecular weight excluding hydrogens is 340 g/mol. The number of carbonyl (C=O) groups excluding carboxylic acids is 1. The van der Waals surface area contributed by atoms with E-state index in [1.165, 1.54) is 5.56 Å². The monoisotopic (exact) mass is 362 g/mol. The number of amides is 1. The molecule has 138 valence electrons. The lowest BCUT2D eigenvalue weighted by Gasteiger charge is -2.28. The zero-order chi connectivity index (χ0) is 18.4. The van der Waals surface area contributed by atoms with Crippen LogP contribution in [0.4, 0.5) is 0 Å². The predicted octanol–water partition coefficient (Wildman–Crippen LogP) is 3.91. The van der Waals surface area contributed by atoms with Crippen LogP contribution in [0.5, 0.6) is 0 Å². The molecule has 1 saturated heterocycles. The largest absolute Gasteiger partial charge is 0.467 e. The van der Waals surface area contributed by atoms with E-state index in [2.05, 4.69) is 10.6 Å². The van der Waals surface area contributed by atoms with Crippen molar-refractivity contribution >= 4 is 16.8 Å². The van der Waals surface area contributed by atoms with Crippen LogP contribution in [0.15, 0.2) is 52.0 Å². The predicted molar refractivity (Wildman–Crippen MR) is 103 cm³/mol. The summed E-state index contributed by atoms with van der Waals surface area (Å²) in [6.45, 7) is 1.47. The number of aromatic nitrogens is 1. The molecule has 5 nitrogen and oxygen atoms in total. The molecule has 0 N–H and O–H groups in total. The van der Waals surface area contributed by atoms with E-state index in [4.69, 9.17) is 4.42 Å². The number of aryl methyl sites for hydroxylation is 2. The summed E-state index contributed by atoms with van der Waals surface area (Å²) in [4.78, 5) is 28.5. The van der Waals surface area contributed by atoms with Crippen molar-refractivity contribution in [3.8, 4) is 0 Å². The Morgan fingerprint density at radius 2 is 2.00 bits per heavy atom. The zero-order valence-electron chi connectivity index (χ0n) is 15.2. The Balaban J connectivity index is 1.61. The number of hydrogen-bond donors (Lipinski definition) is 0. The Labute approximate surface area is 157 Å². The van der Waals surface area contributed by atoms with Gasteiger partial charge in [-0.1, -0.05) is 25.0 Å². The van der Waals surface area contributed by atoms with Gasteiger partial charge in [0.05, 0.1) is 17.8 Å². The van der Waals surface area contributed by atoms with Crippen molar-refractivity contribution < 1.29 is 9.21 Å². The van der Waals surface area contributed by atoms with Gasteiger partial charge in [0.2, 0.25) is 5.43 Å². The molecule has 1 aromatic carbocycles. The van der Waals surface area contributed by atoms with Crippen molar-refractivity contribution in [2.45, 2.75) is 44.7 Å². The lowest BCUT2D eigenvalue weighted by molar-refractivity contribution is 0.0656. The Bertz CT molecular complexity index is 1070. The molecule has 0 bridgehead atoms. The molecule has 5 rings (SSSR count). The number of hydrogen-bond acceptors (Lipinski definition) is 3. The molecule has 1 unspecified atom stereocenters. The Morgan fingerprint density at radius 3 is 2.85 bits per heavy atom. The van der Waals surface area contributed by atoms with Gasteiger partial charge in [-0.3, -0.25) is 9.59 Å². The van der Waals surface area contributed by atoms with Gasteiger partial charge in [0.1, 0.15) is 11.3 Å². The summed E-state index contributed by atoms with van der Waals surface area (Å²) < 4.78 is 7.69. The number of likely N-dealkylation sites (tertiary alicyclic amines) is 1. The van der Waals surface area contributed by atoms with Crippen LogP contribution in [0.2, 0.25) is 0 Å². The minimum atomic E-state index is -0.175. The number of pyridine rings is 1. The molecule has 2 aliphatic rings. The first kappa shape index (κ1) is 16.4. The number of rotatable bonds is 2. The van der Waals surface area contributed by atoms with Crippen LogP contribution in [0.3, 0.4) is 0 Å². The third-order valence-corrected chi connectivity index (χ3v) is 5.92. The first-order valence-electron chi connectivity index (χ1n) is 9.73. The average molecular weight is 362 g/mol. The molecular formula is C22H22N2O3. The summed E-state index contributed by atoms with van der Waals surface area (Å²) in [6.07, 6.45) is 8.30. The van der Waals surface area contributed by atoms with Crippen molar-refractivity contribution in [1.82, 2.24) is 9.47 Å². The maximum absolute atomic E-state index is 13.5. The molecule has 4 heterocycles. The van der Waals surface area contributed by atoms with E-state index in [0.29, 0.717) is 11.9 Å². The number of benzene rings is 1. The van der Waals surface area contributed by atoms with Crippen molar-refractivity contribution in [3.63, 3.8) is 0 Å². The molecule has 3 aromatic rings. The van der Waals surface area contributed by atoms with Crippen LogP contribution in [0.1, 0.15) is 53.4 Å². The highest BCUT2D eigenvalue weighted by Gasteiger charge is 2.31. The molecule has 2 aliphatic heterocycles. The SMILES string of the molecule is O=C(c1cn2c3c(cccc3c1=O)CC2)N1CCCCCC1c1ccco1. The van der Waals surface area contributed by atoms with Crippen molar-refractivity contribution in [1.29, 1.82) is 0 Å². The highest BCUT2D eigenvalue weighted by atomic mass is 16.3. The van der Waals surface area contributed by atoms with Gasteiger partial charge < -0.3 is 13.9 Å². The fourth-order valence-corrected chi connectivity index (χ4v) is 4.59. The van der Waals surface area contributed by atoms with Crippen molar-refractivity contribution in [2.75, 3.05) is 6.54 Å².